The summed E-state index contributed by atoms with van der Waals surface area (Å²) in [5.74, 6) is -1.46. The fourth-order valence-electron chi connectivity index (χ4n) is 2.62. The molecule has 1 fully saturated rings. The van der Waals surface area contributed by atoms with Crippen LogP contribution in [0.25, 0.3) is 0 Å². The Labute approximate surface area is 119 Å². The lowest BCUT2D eigenvalue weighted by Crippen LogP contribution is -2.57. The molecule has 1 aromatic heterocycles. The van der Waals surface area contributed by atoms with Gasteiger partial charge in [-0.2, -0.15) is 0 Å². The van der Waals surface area contributed by atoms with Crippen molar-refractivity contribution in [3.05, 3.63) is 32.6 Å². The highest BCUT2D eigenvalue weighted by Crippen LogP contribution is 2.28. The molecule has 1 aliphatic rings. The molecule has 2 rings (SSSR count). The van der Waals surface area contributed by atoms with Crippen LogP contribution in [0.4, 0.5) is 0 Å². The summed E-state index contributed by atoms with van der Waals surface area (Å²) in [7, 11) is 0. The molecule has 8 nitrogen and oxygen atoms in total. The third-order valence-electron chi connectivity index (χ3n) is 3.81. The highest BCUT2D eigenvalue weighted by molar-refractivity contribution is 5.87. The van der Waals surface area contributed by atoms with Gasteiger partial charge in [0.1, 0.15) is 5.54 Å². The Morgan fingerprint density at radius 1 is 1.33 bits per heavy atom. The number of carboxylic acid groups (broad SMARTS) is 1. The monoisotopic (exact) mass is 295 g/mol. The first-order valence-electron chi connectivity index (χ1n) is 6.69. The number of nitrogens with one attached hydrogen (secondary N) is 2. The van der Waals surface area contributed by atoms with E-state index in [2.05, 4.69) is 4.98 Å². The number of hydrogen-bond acceptors (Lipinski definition) is 4. The summed E-state index contributed by atoms with van der Waals surface area (Å²) >= 11 is 0. The van der Waals surface area contributed by atoms with Crippen LogP contribution in [0.1, 0.15) is 31.9 Å². The molecule has 3 N–H and O–H groups in total. The minimum absolute atomic E-state index is 0.173. The summed E-state index contributed by atoms with van der Waals surface area (Å²) < 4.78 is 0. The third kappa shape index (κ3) is 3.04. The number of nitrogens with zero attached hydrogens (tertiary/aromatic N) is 1. The van der Waals surface area contributed by atoms with E-state index < -0.39 is 28.7 Å². The number of aromatic amines is 2. The average Bonchev–Trinajstić information content (AvgIpc) is 2.37. The molecule has 1 aromatic rings. The number of amides is 1. The minimum Gasteiger partial charge on any atom is -0.480 e. The van der Waals surface area contributed by atoms with Crippen LogP contribution in [0.2, 0.25) is 0 Å². The normalized spacial score (nSPS) is 22.0. The van der Waals surface area contributed by atoms with Crippen LogP contribution in [0.3, 0.4) is 0 Å². The summed E-state index contributed by atoms with van der Waals surface area (Å²) in [6.45, 7) is 1.88. The minimum atomic E-state index is -1.24. The number of carbonyl (C=O) groups is 2. The van der Waals surface area contributed by atoms with Crippen LogP contribution in [-0.2, 0) is 16.0 Å². The first kappa shape index (κ1) is 15.0. The highest BCUT2D eigenvalue weighted by Gasteiger charge is 2.43. The molecule has 21 heavy (non-hydrogen) atoms. The Kier molecular flexibility index (Phi) is 3.97. The topological polar surface area (TPSA) is 123 Å². The van der Waals surface area contributed by atoms with E-state index in [1.165, 1.54) is 11.8 Å². The fraction of sp³-hybridized carbons (Fsp3) is 0.538. The molecular formula is C13H17N3O5. The SMILES string of the molecule is CC1(C(=O)O)CCCCN1C(=O)Cc1cc(=O)[nH]c(=O)[nH]1. The van der Waals surface area contributed by atoms with Gasteiger partial charge in [-0.15, -0.1) is 0 Å². The zero-order chi connectivity index (χ0) is 15.6. The predicted octanol–water partition coefficient (Wildman–Crippen LogP) is -0.538. The number of aliphatic carboxylic acids is 1. The molecule has 1 aliphatic heterocycles. The third-order valence-corrected chi connectivity index (χ3v) is 3.81. The smallest absolute Gasteiger partial charge is 0.329 e. The molecule has 8 heteroatoms. The molecule has 114 valence electrons. The second-order valence-electron chi connectivity index (χ2n) is 5.37. The van der Waals surface area contributed by atoms with Crippen LogP contribution in [0.15, 0.2) is 15.7 Å². The van der Waals surface area contributed by atoms with E-state index >= 15 is 0 Å². The lowest BCUT2D eigenvalue weighted by Gasteiger charge is -2.41. The van der Waals surface area contributed by atoms with E-state index in [0.717, 1.165) is 18.9 Å². The van der Waals surface area contributed by atoms with Crippen LogP contribution >= 0.6 is 0 Å². The second kappa shape index (κ2) is 5.55. The van der Waals surface area contributed by atoms with Gasteiger partial charge >= 0.3 is 11.7 Å². The maximum absolute atomic E-state index is 12.3. The van der Waals surface area contributed by atoms with Crippen LogP contribution < -0.4 is 11.2 Å². The Balaban J connectivity index is 2.24. The van der Waals surface area contributed by atoms with Gasteiger partial charge in [-0.05, 0) is 26.2 Å². The summed E-state index contributed by atoms with van der Waals surface area (Å²) in [4.78, 5) is 51.9. The zero-order valence-corrected chi connectivity index (χ0v) is 11.6. The number of likely N-dealkylation sites (tertiary alicyclic amines) is 1. The highest BCUT2D eigenvalue weighted by atomic mass is 16.4. The first-order chi connectivity index (χ1) is 9.83. The maximum Gasteiger partial charge on any atom is 0.329 e. The largest absolute Gasteiger partial charge is 0.480 e. The van der Waals surface area contributed by atoms with Crippen LogP contribution in [0, 0.1) is 0 Å². The van der Waals surface area contributed by atoms with Crippen molar-refractivity contribution in [2.45, 2.75) is 38.1 Å². The van der Waals surface area contributed by atoms with Crippen molar-refractivity contribution in [3.8, 4) is 0 Å². The number of carboxylic acids is 1. The zero-order valence-electron chi connectivity index (χ0n) is 11.6. The summed E-state index contributed by atoms with van der Waals surface area (Å²) in [5, 5.41) is 9.36. The van der Waals surface area contributed by atoms with Crippen molar-refractivity contribution in [3.63, 3.8) is 0 Å². The molecule has 1 atom stereocenters. The Bertz CT molecular complexity index is 649. The van der Waals surface area contributed by atoms with Crippen molar-refractivity contribution in [1.29, 1.82) is 0 Å². The number of carbonyl (C=O) groups excluding carboxylic acids is 1. The second-order valence-corrected chi connectivity index (χ2v) is 5.37. The number of piperidine rings is 1. The van der Waals surface area contributed by atoms with Gasteiger partial charge in [0, 0.05) is 18.3 Å². The summed E-state index contributed by atoms with van der Waals surface area (Å²) in [5.41, 5.74) is -2.35. The molecule has 2 heterocycles. The van der Waals surface area contributed by atoms with E-state index in [-0.39, 0.29) is 12.1 Å². The molecule has 0 radical (unpaired) electrons. The quantitative estimate of drug-likeness (QED) is 0.691. The molecular weight excluding hydrogens is 278 g/mol. The molecule has 1 amide bonds. The van der Waals surface area contributed by atoms with Gasteiger partial charge in [0.25, 0.3) is 5.56 Å². The number of aromatic nitrogens is 2. The standard InChI is InChI=1S/C13H17N3O5/c1-13(11(19)20)4-2-3-5-16(13)10(18)7-8-6-9(17)15-12(21)14-8/h6H,2-5,7H2,1H3,(H,19,20)(H2,14,15,17,21). The summed E-state index contributed by atoms with van der Waals surface area (Å²) in [6.07, 6.45) is 1.66. The van der Waals surface area contributed by atoms with E-state index in [1.807, 2.05) is 4.98 Å². The van der Waals surface area contributed by atoms with Crippen molar-refractivity contribution >= 4 is 11.9 Å². The Hall–Kier alpha value is -2.38. The first-order valence-corrected chi connectivity index (χ1v) is 6.69. The lowest BCUT2D eigenvalue weighted by atomic mass is 9.88. The van der Waals surface area contributed by atoms with Crippen molar-refractivity contribution < 1.29 is 14.7 Å². The van der Waals surface area contributed by atoms with Crippen LogP contribution in [-0.4, -0.2) is 43.9 Å². The van der Waals surface area contributed by atoms with Crippen molar-refractivity contribution in [2.75, 3.05) is 6.54 Å². The van der Waals surface area contributed by atoms with Gasteiger partial charge in [-0.3, -0.25) is 14.6 Å². The Morgan fingerprint density at radius 2 is 2.05 bits per heavy atom. The van der Waals surface area contributed by atoms with Crippen molar-refractivity contribution in [2.24, 2.45) is 0 Å². The summed E-state index contributed by atoms with van der Waals surface area (Å²) in [6, 6.07) is 1.13. The van der Waals surface area contributed by atoms with Gasteiger partial charge in [-0.25, -0.2) is 9.59 Å². The molecule has 1 saturated heterocycles. The lowest BCUT2D eigenvalue weighted by molar-refractivity contribution is -0.160. The van der Waals surface area contributed by atoms with Gasteiger partial charge in [0.05, 0.1) is 6.42 Å². The van der Waals surface area contributed by atoms with Gasteiger partial charge in [0.15, 0.2) is 0 Å². The molecule has 1 unspecified atom stereocenters. The van der Waals surface area contributed by atoms with E-state index in [1.54, 1.807) is 0 Å². The van der Waals surface area contributed by atoms with Crippen LogP contribution in [0.5, 0.6) is 0 Å². The van der Waals surface area contributed by atoms with E-state index in [9.17, 15) is 24.3 Å². The van der Waals surface area contributed by atoms with Gasteiger partial charge < -0.3 is 15.0 Å². The van der Waals surface area contributed by atoms with Gasteiger partial charge in [-0.1, -0.05) is 0 Å². The number of rotatable bonds is 3. The van der Waals surface area contributed by atoms with E-state index in [0.29, 0.717) is 13.0 Å². The van der Waals surface area contributed by atoms with Crippen molar-refractivity contribution in [1.82, 2.24) is 14.9 Å². The Morgan fingerprint density at radius 3 is 2.67 bits per heavy atom. The predicted molar refractivity (Wildman–Crippen MR) is 73.0 cm³/mol. The molecule has 0 saturated carbocycles. The molecule has 0 spiro atoms. The number of H-pyrrole nitrogens is 2. The fourth-order valence-corrected chi connectivity index (χ4v) is 2.62. The number of hydrogen-bond donors (Lipinski definition) is 3. The molecule has 0 aromatic carbocycles. The maximum atomic E-state index is 12.3. The van der Waals surface area contributed by atoms with E-state index in [4.69, 9.17) is 0 Å². The van der Waals surface area contributed by atoms with Gasteiger partial charge in [0.2, 0.25) is 5.91 Å². The molecule has 0 aliphatic carbocycles. The molecule has 0 bridgehead atoms. The average molecular weight is 295 g/mol.